The normalized spacial score (nSPS) is 44.1. The van der Waals surface area contributed by atoms with Crippen LogP contribution in [0.3, 0.4) is 0 Å². The summed E-state index contributed by atoms with van der Waals surface area (Å²) in [4.78, 5) is 19.7. The Morgan fingerprint density at radius 1 is 1.07 bits per heavy atom. The monoisotopic (exact) mass is 204 g/mol. The highest BCUT2D eigenvalue weighted by Crippen LogP contribution is 2.45. The highest BCUT2D eigenvalue weighted by Gasteiger charge is 2.55. The van der Waals surface area contributed by atoms with Crippen LogP contribution in [0.1, 0.15) is 25.7 Å². The van der Waals surface area contributed by atoms with Crippen molar-refractivity contribution in [1.29, 1.82) is 0 Å². The first-order valence-corrected chi connectivity index (χ1v) is 4.87. The van der Waals surface area contributed by atoms with Crippen LogP contribution in [0.4, 0.5) is 0 Å². The average Bonchev–Trinajstić information content (AvgIpc) is 3.03. The highest BCUT2D eigenvalue weighted by atomic mass is 17.7. The molecule has 0 aromatic heterocycles. The first kappa shape index (κ1) is 9.02. The fourth-order valence-electron chi connectivity index (χ4n) is 2.32. The van der Waals surface area contributed by atoms with Gasteiger partial charge in [0, 0.05) is 0 Å². The van der Waals surface area contributed by atoms with Crippen molar-refractivity contribution in [3.63, 3.8) is 0 Å². The summed E-state index contributed by atoms with van der Waals surface area (Å²) < 4.78 is 0. The lowest BCUT2D eigenvalue weighted by molar-refractivity contribution is -0.695. The second kappa shape index (κ2) is 3.41. The molecule has 6 nitrogen and oxygen atoms in total. The summed E-state index contributed by atoms with van der Waals surface area (Å²) in [5.74, 6) is 0.167. The Morgan fingerprint density at radius 2 is 2.00 bits per heavy atom. The molecule has 2 heterocycles. The summed E-state index contributed by atoms with van der Waals surface area (Å²) >= 11 is 0. The van der Waals surface area contributed by atoms with Gasteiger partial charge in [0.05, 0.1) is 5.92 Å². The molecule has 3 aliphatic rings. The zero-order valence-electron chi connectivity index (χ0n) is 7.64. The zero-order valence-corrected chi connectivity index (χ0v) is 7.64. The second-order valence-corrected chi connectivity index (χ2v) is 3.96. The maximum absolute atomic E-state index is 5.21. The molecule has 0 bridgehead atoms. The van der Waals surface area contributed by atoms with Crippen molar-refractivity contribution in [2.45, 2.75) is 37.6 Å². The lowest BCUT2D eigenvalue weighted by Gasteiger charge is -2.40. The van der Waals surface area contributed by atoms with Crippen LogP contribution in [-0.2, 0) is 29.6 Å². The first-order chi connectivity index (χ1) is 6.91. The fourth-order valence-corrected chi connectivity index (χ4v) is 2.32. The fraction of sp³-hybridized carbons (Fsp3) is 1.00. The molecular formula is C8H12O6. The lowest BCUT2D eigenvalue weighted by Crippen LogP contribution is -2.51. The van der Waals surface area contributed by atoms with Crippen LogP contribution in [0.15, 0.2) is 0 Å². The maximum atomic E-state index is 5.21. The van der Waals surface area contributed by atoms with Gasteiger partial charge in [-0.15, -0.1) is 0 Å². The van der Waals surface area contributed by atoms with Gasteiger partial charge in [0.1, 0.15) is 12.2 Å². The Bertz CT molecular complexity index is 202. The molecule has 3 fully saturated rings. The molecule has 6 heteroatoms. The Morgan fingerprint density at radius 3 is 2.71 bits per heavy atom. The van der Waals surface area contributed by atoms with E-state index < -0.39 is 5.60 Å². The van der Waals surface area contributed by atoms with Gasteiger partial charge >= 0.3 is 0 Å². The molecule has 1 aliphatic carbocycles. The van der Waals surface area contributed by atoms with E-state index >= 15 is 0 Å². The molecule has 1 spiro atoms. The number of rotatable bonds is 1. The van der Waals surface area contributed by atoms with Gasteiger partial charge in [-0.3, -0.25) is 0 Å². The van der Waals surface area contributed by atoms with Crippen molar-refractivity contribution in [2.75, 3.05) is 6.61 Å². The van der Waals surface area contributed by atoms with Gasteiger partial charge in [-0.25, -0.2) is 4.89 Å². The minimum Gasteiger partial charge on any atom is -0.201 e. The van der Waals surface area contributed by atoms with Crippen LogP contribution < -0.4 is 0 Å². The largest absolute Gasteiger partial charge is 0.230 e. The molecule has 0 aromatic rings. The molecule has 0 amide bonds. The van der Waals surface area contributed by atoms with E-state index in [0.717, 1.165) is 25.7 Å². The smallest absolute Gasteiger partial charge is 0.201 e. The molecule has 80 valence electrons. The molecular weight excluding hydrogens is 192 g/mol. The van der Waals surface area contributed by atoms with Crippen LogP contribution in [0, 0.1) is 5.92 Å². The molecule has 0 radical (unpaired) electrons. The summed E-state index contributed by atoms with van der Waals surface area (Å²) in [7, 11) is 0. The van der Waals surface area contributed by atoms with E-state index in [1.807, 2.05) is 0 Å². The van der Waals surface area contributed by atoms with E-state index in [4.69, 9.17) is 19.6 Å². The Kier molecular flexibility index (Phi) is 2.19. The number of hydrogen-bond acceptors (Lipinski definition) is 6. The average molecular weight is 204 g/mol. The number of hydrogen-bond donors (Lipinski definition) is 0. The van der Waals surface area contributed by atoms with Crippen molar-refractivity contribution < 1.29 is 29.6 Å². The highest BCUT2D eigenvalue weighted by molar-refractivity contribution is 4.93. The predicted molar refractivity (Wildman–Crippen MR) is 39.9 cm³/mol. The van der Waals surface area contributed by atoms with Crippen molar-refractivity contribution in [2.24, 2.45) is 5.92 Å². The molecule has 2 unspecified atom stereocenters. The van der Waals surface area contributed by atoms with Crippen LogP contribution >= 0.6 is 0 Å². The Hall–Kier alpha value is -0.240. The third-order valence-electron chi connectivity index (χ3n) is 3.16. The minimum absolute atomic E-state index is 0.166. The Labute approximate surface area is 80.7 Å². The van der Waals surface area contributed by atoms with E-state index in [2.05, 4.69) is 10.1 Å². The zero-order chi connectivity index (χ0) is 9.43. The van der Waals surface area contributed by atoms with E-state index in [9.17, 15) is 0 Å². The van der Waals surface area contributed by atoms with Gasteiger partial charge in [-0.05, 0) is 22.9 Å². The third-order valence-corrected chi connectivity index (χ3v) is 3.16. The minimum atomic E-state index is -0.461. The molecule has 2 atom stereocenters. The quantitative estimate of drug-likeness (QED) is 0.469. The molecule has 2 aliphatic heterocycles. The standard InChI is InChI=1S/C8H12O6/c1-2-4-8(5-9-13-14-12-8)6(3-1)7-10-11-7/h6-7H,1-5H2. The van der Waals surface area contributed by atoms with E-state index in [-0.39, 0.29) is 12.2 Å². The second-order valence-electron chi connectivity index (χ2n) is 3.96. The first-order valence-electron chi connectivity index (χ1n) is 4.87. The van der Waals surface area contributed by atoms with Crippen LogP contribution in [0.2, 0.25) is 0 Å². The maximum Gasteiger partial charge on any atom is 0.230 e. The summed E-state index contributed by atoms with van der Waals surface area (Å²) in [6.45, 7) is 0.362. The molecule has 1 saturated carbocycles. The molecule has 0 N–H and O–H groups in total. The van der Waals surface area contributed by atoms with Crippen molar-refractivity contribution in [3.05, 3.63) is 0 Å². The summed E-state index contributed by atoms with van der Waals surface area (Å²) in [5, 5.41) is 8.68. The van der Waals surface area contributed by atoms with Crippen LogP contribution in [0.25, 0.3) is 0 Å². The van der Waals surface area contributed by atoms with Gasteiger partial charge in [-0.1, -0.05) is 12.8 Å². The van der Waals surface area contributed by atoms with Crippen LogP contribution in [0.5, 0.6) is 0 Å². The van der Waals surface area contributed by atoms with E-state index in [1.165, 1.54) is 0 Å². The Balaban J connectivity index is 1.77. The third kappa shape index (κ3) is 1.44. The topological polar surface area (TPSA) is 62.0 Å². The predicted octanol–water partition coefficient (Wildman–Crippen LogP) is 1.03. The van der Waals surface area contributed by atoms with E-state index in [0.29, 0.717) is 6.61 Å². The van der Waals surface area contributed by atoms with Crippen molar-refractivity contribution >= 4 is 0 Å². The van der Waals surface area contributed by atoms with Gasteiger partial charge < -0.3 is 0 Å². The molecule has 3 rings (SSSR count). The molecule has 0 aromatic carbocycles. The van der Waals surface area contributed by atoms with Crippen molar-refractivity contribution in [1.82, 2.24) is 0 Å². The van der Waals surface area contributed by atoms with Gasteiger partial charge in [0.25, 0.3) is 0 Å². The van der Waals surface area contributed by atoms with Gasteiger partial charge in [-0.2, -0.15) is 14.7 Å². The van der Waals surface area contributed by atoms with Gasteiger partial charge in [0.2, 0.25) is 6.29 Å². The lowest BCUT2D eigenvalue weighted by atomic mass is 9.75. The summed E-state index contributed by atoms with van der Waals surface area (Å²) in [6.07, 6.45) is 3.96. The summed E-state index contributed by atoms with van der Waals surface area (Å²) in [6, 6.07) is 0. The SMILES string of the molecule is C1CCC2(COOOO2)C(C2OO2)C1. The molecule has 14 heavy (non-hydrogen) atoms. The summed E-state index contributed by atoms with van der Waals surface area (Å²) in [5.41, 5.74) is -0.461. The molecule has 2 saturated heterocycles. The van der Waals surface area contributed by atoms with Crippen molar-refractivity contribution in [3.8, 4) is 0 Å². The van der Waals surface area contributed by atoms with E-state index in [1.54, 1.807) is 0 Å². The van der Waals surface area contributed by atoms with Crippen LogP contribution in [-0.4, -0.2) is 18.5 Å². The van der Waals surface area contributed by atoms with Gasteiger partial charge in [0.15, 0.2) is 0 Å².